The van der Waals surface area contributed by atoms with E-state index in [1.165, 1.54) is 0 Å². The lowest BCUT2D eigenvalue weighted by molar-refractivity contribution is -0.139. The molecule has 0 saturated carbocycles. The summed E-state index contributed by atoms with van der Waals surface area (Å²) in [5.74, 6) is -0.319. The summed E-state index contributed by atoms with van der Waals surface area (Å²) in [6.45, 7) is 3.20. The van der Waals surface area contributed by atoms with Gasteiger partial charge in [0.15, 0.2) is 0 Å². The van der Waals surface area contributed by atoms with Crippen molar-refractivity contribution in [3.05, 3.63) is 0 Å². The number of hydrogen-bond donors (Lipinski definition) is 2. The van der Waals surface area contributed by atoms with Crippen LogP contribution in [-0.4, -0.2) is 47.3 Å². The van der Waals surface area contributed by atoms with Gasteiger partial charge in [-0.25, -0.2) is 0 Å². The monoisotopic (exact) mass is 201 g/mol. The molecule has 4 heteroatoms. The van der Waals surface area contributed by atoms with Gasteiger partial charge in [0.2, 0.25) is 0 Å². The topological polar surface area (TPSA) is 60.8 Å². The molecule has 82 valence electrons. The molecule has 1 heterocycles. The molecule has 2 N–H and O–H groups in total. The number of unbranched alkanes of at least 4 members (excludes halogenated alkanes) is 2. The first-order valence-electron chi connectivity index (χ1n) is 5.27. The number of carboxylic acids is 1. The molecular weight excluding hydrogens is 182 g/mol. The molecule has 0 amide bonds. The maximum Gasteiger partial charge on any atom is 0.303 e. The van der Waals surface area contributed by atoms with E-state index in [2.05, 4.69) is 4.90 Å². The Labute approximate surface area is 84.5 Å². The smallest absolute Gasteiger partial charge is 0.303 e. The van der Waals surface area contributed by atoms with Gasteiger partial charge >= 0.3 is 5.97 Å². The average molecular weight is 201 g/mol. The zero-order chi connectivity index (χ0) is 10.4. The largest absolute Gasteiger partial charge is 0.481 e. The van der Waals surface area contributed by atoms with Crippen molar-refractivity contribution in [3.63, 3.8) is 0 Å². The molecule has 0 atom stereocenters. The van der Waals surface area contributed by atoms with Crippen LogP contribution >= 0.6 is 0 Å². The van der Waals surface area contributed by atoms with Crippen LogP contribution in [-0.2, 0) is 4.79 Å². The van der Waals surface area contributed by atoms with Gasteiger partial charge in [-0.15, -0.1) is 0 Å². The number of aliphatic carboxylic acids is 1. The van der Waals surface area contributed by atoms with Crippen LogP contribution in [0.4, 0.5) is 0 Å². The summed E-state index contributed by atoms with van der Waals surface area (Å²) >= 11 is 0. The van der Waals surface area contributed by atoms with E-state index < -0.39 is 5.97 Å². The van der Waals surface area contributed by atoms with E-state index in [9.17, 15) is 4.79 Å². The Bertz CT molecular complexity index is 178. The van der Waals surface area contributed by atoms with E-state index in [-0.39, 0.29) is 6.61 Å². The fourth-order valence-corrected chi connectivity index (χ4v) is 1.86. The van der Waals surface area contributed by atoms with Gasteiger partial charge < -0.3 is 15.1 Å². The highest BCUT2D eigenvalue weighted by Crippen LogP contribution is 2.19. The van der Waals surface area contributed by atoms with Crippen molar-refractivity contribution < 1.29 is 15.0 Å². The fourth-order valence-electron chi connectivity index (χ4n) is 1.86. The summed E-state index contributed by atoms with van der Waals surface area (Å²) < 4.78 is 0. The molecule has 0 aromatic rings. The van der Waals surface area contributed by atoms with Gasteiger partial charge in [-0.3, -0.25) is 4.79 Å². The molecule has 0 radical (unpaired) electrons. The van der Waals surface area contributed by atoms with Crippen LogP contribution in [0.15, 0.2) is 0 Å². The molecular formula is C10H19NO3. The Morgan fingerprint density at radius 3 is 2.57 bits per heavy atom. The van der Waals surface area contributed by atoms with Crippen molar-refractivity contribution in [1.82, 2.24) is 4.90 Å². The Balaban J connectivity index is 1.91. The predicted molar refractivity (Wildman–Crippen MR) is 53.1 cm³/mol. The lowest BCUT2D eigenvalue weighted by atomic mass is 9.96. The maximum atomic E-state index is 10.4. The van der Waals surface area contributed by atoms with Crippen molar-refractivity contribution in [2.75, 3.05) is 26.2 Å². The van der Waals surface area contributed by atoms with Gasteiger partial charge in [-0.2, -0.15) is 0 Å². The second kappa shape index (κ2) is 5.98. The first-order valence-corrected chi connectivity index (χ1v) is 5.27. The maximum absolute atomic E-state index is 10.4. The number of aliphatic hydroxyl groups excluding tert-OH is 1. The van der Waals surface area contributed by atoms with Gasteiger partial charge in [0.1, 0.15) is 0 Å². The summed E-state index contributed by atoms with van der Waals surface area (Å²) in [4.78, 5) is 12.6. The highest BCUT2D eigenvalue weighted by Gasteiger charge is 2.27. The lowest BCUT2D eigenvalue weighted by Gasteiger charge is -2.38. The van der Waals surface area contributed by atoms with E-state index in [0.29, 0.717) is 12.3 Å². The number of carboxylic acid groups (broad SMARTS) is 1. The van der Waals surface area contributed by atoms with Crippen LogP contribution in [0.1, 0.15) is 25.7 Å². The Hall–Kier alpha value is -0.610. The van der Waals surface area contributed by atoms with Crippen LogP contribution in [0.5, 0.6) is 0 Å². The minimum Gasteiger partial charge on any atom is -0.481 e. The summed E-state index contributed by atoms with van der Waals surface area (Å²) in [6.07, 6.45) is 3.37. The van der Waals surface area contributed by atoms with Crippen molar-refractivity contribution in [2.45, 2.75) is 25.7 Å². The van der Waals surface area contributed by atoms with E-state index in [0.717, 1.165) is 38.9 Å². The second-order valence-corrected chi connectivity index (χ2v) is 4.01. The van der Waals surface area contributed by atoms with Crippen LogP contribution in [0.2, 0.25) is 0 Å². The molecule has 0 unspecified atom stereocenters. The van der Waals surface area contributed by atoms with Crippen LogP contribution in [0.25, 0.3) is 0 Å². The SMILES string of the molecule is O=C(O)CC1CN(CCCCCO)C1. The number of rotatable bonds is 7. The molecule has 1 aliphatic rings. The Morgan fingerprint density at radius 2 is 2.00 bits per heavy atom. The van der Waals surface area contributed by atoms with E-state index >= 15 is 0 Å². The number of nitrogens with zero attached hydrogens (tertiary/aromatic N) is 1. The predicted octanol–water partition coefficient (Wildman–Crippen LogP) is 0.555. The molecule has 1 saturated heterocycles. The van der Waals surface area contributed by atoms with Gasteiger partial charge in [0, 0.05) is 19.7 Å². The van der Waals surface area contributed by atoms with Gasteiger partial charge in [-0.1, -0.05) is 0 Å². The fraction of sp³-hybridized carbons (Fsp3) is 0.900. The van der Waals surface area contributed by atoms with Crippen LogP contribution in [0.3, 0.4) is 0 Å². The Morgan fingerprint density at radius 1 is 1.29 bits per heavy atom. The minimum atomic E-state index is -0.685. The summed E-state index contributed by atoms with van der Waals surface area (Å²) in [5, 5.41) is 17.1. The highest BCUT2D eigenvalue weighted by molar-refractivity contribution is 5.67. The Kier molecular flexibility index (Phi) is 4.90. The van der Waals surface area contributed by atoms with E-state index in [1.54, 1.807) is 0 Å². The van der Waals surface area contributed by atoms with E-state index in [1.807, 2.05) is 0 Å². The first kappa shape index (κ1) is 11.5. The third-order valence-corrected chi connectivity index (χ3v) is 2.63. The number of hydrogen-bond acceptors (Lipinski definition) is 3. The number of likely N-dealkylation sites (tertiary alicyclic amines) is 1. The van der Waals surface area contributed by atoms with Crippen molar-refractivity contribution in [3.8, 4) is 0 Å². The molecule has 0 bridgehead atoms. The first-order chi connectivity index (χ1) is 6.72. The molecule has 0 spiro atoms. The van der Waals surface area contributed by atoms with Crippen molar-refractivity contribution in [2.24, 2.45) is 5.92 Å². The molecule has 0 aromatic carbocycles. The van der Waals surface area contributed by atoms with Gasteiger partial charge in [0.05, 0.1) is 6.42 Å². The summed E-state index contributed by atoms with van der Waals surface area (Å²) in [6, 6.07) is 0. The van der Waals surface area contributed by atoms with Crippen LogP contribution in [0, 0.1) is 5.92 Å². The summed E-state index contributed by atoms with van der Waals surface area (Å²) in [7, 11) is 0. The average Bonchev–Trinajstić information content (AvgIpc) is 2.06. The molecule has 0 aliphatic carbocycles. The third-order valence-electron chi connectivity index (χ3n) is 2.63. The molecule has 1 fully saturated rings. The number of aliphatic hydroxyl groups is 1. The summed E-state index contributed by atoms with van der Waals surface area (Å²) in [5.41, 5.74) is 0. The molecule has 14 heavy (non-hydrogen) atoms. The molecule has 1 rings (SSSR count). The zero-order valence-corrected chi connectivity index (χ0v) is 8.48. The third kappa shape index (κ3) is 4.07. The van der Waals surface area contributed by atoms with Crippen LogP contribution < -0.4 is 0 Å². The van der Waals surface area contributed by atoms with Crippen molar-refractivity contribution >= 4 is 5.97 Å². The normalized spacial score (nSPS) is 18.1. The molecule has 1 aliphatic heterocycles. The quantitative estimate of drug-likeness (QED) is 0.591. The van der Waals surface area contributed by atoms with Crippen molar-refractivity contribution in [1.29, 1.82) is 0 Å². The second-order valence-electron chi connectivity index (χ2n) is 4.01. The van der Waals surface area contributed by atoms with Gasteiger partial charge in [-0.05, 0) is 31.7 Å². The van der Waals surface area contributed by atoms with E-state index in [4.69, 9.17) is 10.2 Å². The lowest BCUT2D eigenvalue weighted by Crippen LogP contribution is -2.47. The molecule has 0 aromatic heterocycles. The zero-order valence-electron chi connectivity index (χ0n) is 8.48. The molecule has 4 nitrogen and oxygen atoms in total. The highest BCUT2D eigenvalue weighted by atomic mass is 16.4. The number of carbonyl (C=O) groups is 1. The standard InChI is InChI=1S/C10H19NO3/c12-5-3-1-2-4-11-7-9(8-11)6-10(13)14/h9,12H,1-8H2,(H,13,14). The minimum absolute atomic E-state index is 0.279. The van der Waals surface area contributed by atoms with Gasteiger partial charge in [0.25, 0.3) is 0 Å².